The fourth-order valence-corrected chi connectivity index (χ4v) is 4.94. The smallest absolute Gasteiger partial charge is 0.264 e. The van der Waals surface area contributed by atoms with Gasteiger partial charge in [0.05, 0.1) is 18.3 Å². The maximum absolute atomic E-state index is 10.7. The summed E-state index contributed by atoms with van der Waals surface area (Å²) in [5, 5.41) is 19.2. The molecule has 3 aromatic rings. The van der Waals surface area contributed by atoms with Crippen LogP contribution >= 0.6 is 0 Å². The third kappa shape index (κ3) is 3.97. The van der Waals surface area contributed by atoms with E-state index in [0.717, 1.165) is 48.8 Å². The van der Waals surface area contributed by atoms with Gasteiger partial charge in [-0.2, -0.15) is 0 Å². The first-order valence-electron chi connectivity index (χ1n) is 10.9. The molecule has 0 unspecified atom stereocenters. The Morgan fingerprint density at radius 1 is 1.13 bits per heavy atom. The van der Waals surface area contributed by atoms with Crippen molar-refractivity contribution in [2.45, 2.75) is 45.4 Å². The second-order valence-electron chi connectivity index (χ2n) is 8.92. The molecule has 0 aromatic carbocycles. The molecule has 4 atom stereocenters. The first-order valence-corrected chi connectivity index (χ1v) is 10.9. The molecule has 8 heteroatoms. The number of fused-ring (bicyclic) bond motifs is 1. The van der Waals surface area contributed by atoms with E-state index in [2.05, 4.69) is 20.1 Å². The van der Waals surface area contributed by atoms with E-state index < -0.39 is 6.10 Å². The lowest BCUT2D eigenvalue weighted by Gasteiger charge is -2.35. The SMILES string of the molecule is Cc1ncccc1O[C@@H]1C[C@@H]2CN(Cc3nnc(-c4ccc(C)n4C)o3)C[C@@H]2C[C@H]1O. The molecule has 1 saturated carbocycles. The van der Waals surface area contributed by atoms with E-state index in [1.807, 2.05) is 49.7 Å². The number of pyridine rings is 1. The Morgan fingerprint density at radius 3 is 2.68 bits per heavy atom. The average molecular weight is 424 g/mol. The normalized spacial score (nSPS) is 26.2. The predicted molar refractivity (Wildman–Crippen MR) is 114 cm³/mol. The van der Waals surface area contributed by atoms with Crippen molar-refractivity contribution in [2.24, 2.45) is 18.9 Å². The van der Waals surface area contributed by atoms with Crippen molar-refractivity contribution in [1.82, 2.24) is 24.6 Å². The van der Waals surface area contributed by atoms with E-state index >= 15 is 0 Å². The molecule has 1 saturated heterocycles. The van der Waals surface area contributed by atoms with Gasteiger partial charge in [0.1, 0.15) is 17.5 Å². The Bertz CT molecular complexity index is 1060. The molecule has 5 rings (SSSR count). The monoisotopic (exact) mass is 423 g/mol. The van der Waals surface area contributed by atoms with Gasteiger partial charge in [0.2, 0.25) is 5.89 Å². The number of aliphatic hydroxyl groups excluding tert-OH is 1. The Hall–Kier alpha value is -2.71. The maximum Gasteiger partial charge on any atom is 0.264 e. The number of nitrogens with zero attached hydrogens (tertiary/aromatic N) is 5. The Morgan fingerprint density at radius 2 is 1.94 bits per heavy atom. The Balaban J connectivity index is 1.22. The maximum atomic E-state index is 10.7. The van der Waals surface area contributed by atoms with Crippen LogP contribution in [0.1, 0.15) is 30.1 Å². The first-order chi connectivity index (χ1) is 15.0. The van der Waals surface area contributed by atoms with Gasteiger partial charge in [-0.05, 0) is 62.8 Å². The molecular formula is C23H29N5O3. The summed E-state index contributed by atoms with van der Waals surface area (Å²) in [5.74, 6) is 2.89. The van der Waals surface area contributed by atoms with Gasteiger partial charge in [-0.3, -0.25) is 9.88 Å². The molecule has 31 heavy (non-hydrogen) atoms. The predicted octanol–water partition coefficient (Wildman–Crippen LogP) is 2.74. The van der Waals surface area contributed by atoms with Crippen molar-refractivity contribution < 1.29 is 14.3 Å². The summed E-state index contributed by atoms with van der Waals surface area (Å²) in [4.78, 5) is 6.64. The third-order valence-corrected chi connectivity index (χ3v) is 6.81. The minimum Gasteiger partial charge on any atom is -0.486 e. The highest BCUT2D eigenvalue weighted by molar-refractivity contribution is 5.48. The van der Waals surface area contributed by atoms with E-state index in [1.165, 1.54) is 0 Å². The van der Waals surface area contributed by atoms with Gasteiger partial charge < -0.3 is 18.8 Å². The van der Waals surface area contributed by atoms with E-state index in [0.29, 0.717) is 30.2 Å². The third-order valence-electron chi connectivity index (χ3n) is 6.81. The van der Waals surface area contributed by atoms with Gasteiger partial charge in [-0.15, -0.1) is 10.2 Å². The van der Waals surface area contributed by atoms with Crippen LogP contribution in [0.2, 0.25) is 0 Å². The zero-order valence-electron chi connectivity index (χ0n) is 18.2. The highest BCUT2D eigenvalue weighted by Gasteiger charge is 2.43. The molecule has 4 heterocycles. The van der Waals surface area contributed by atoms with Crippen LogP contribution in [-0.2, 0) is 13.6 Å². The highest BCUT2D eigenvalue weighted by atomic mass is 16.5. The minimum atomic E-state index is -0.462. The second-order valence-corrected chi connectivity index (χ2v) is 8.92. The van der Waals surface area contributed by atoms with Gasteiger partial charge in [0.15, 0.2) is 0 Å². The average Bonchev–Trinajstić information content (AvgIpc) is 3.44. The van der Waals surface area contributed by atoms with Crippen molar-refractivity contribution in [3.8, 4) is 17.3 Å². The number of hydrogen-bond donors (Lipinski definition) is 1. The summed E-state index contributed by atoms with van der Waals surface area (Å²) in [6, 6.07) is 7.83. The van der Waals surface area contributed by atoms with Crippen molar-refractivity contribution in [3.05, 3.63) is 47.7 Å². The number of aliphatic hydroxyl groups is 1. The number of likely N-dealkylation sites (tertiary alicyclic amines) is 1. The first kappa shape index (κ1) is 20.2. The van der Waals surface area contributed by atoms with Crippen LogP contribution in [0.5, 0.6) is 5.75 Å². The molecule has 0 amide bonds. The summed E-state index contributed by atoms with van der Waals surface area (Å²) >= 11 is 0. The second kappa shape index (κ2) is 8.09. The molecular weight excluding hydrogens is 394 g/mol. The standard InChI is InChI=1S/C23H29N5O3/c1-14-6-7-18(27(14)3)23-26-25-22(31-23)13-28-11-16-9-19(29)21(10-17(16)12-28)30-20-5-4-8-24-15(20)2/h4-8,16-17,19,21,29H,9-13H2,1-3H3/t16-,17+,19+,21+/m0/s1. The van der Waals surface area contributed by atoms with Crippen LogP contribution in [0, 0.1) is 25.7 Å². The van der Waals surface area contributed by atoms with Crippen LogP contribution in [0.3, 0.4) is 0 Å². The summed E-state index contributed by atoms with van der Waals surface area (Å²) in [6.45, 7) is 6.49. The lowest BCUT2D eigenvalue weighted by Crippen LogP contribution is -2.42. The van der Waals surface area contributed by atoms with Crippen LogP contribution in [0.15, 0.2) is 34.9 Å². The summed E-state index contributed by atoms with van der Waals surface area (Å²) in [6.07, 6.45) is 2.69. The largest absolute Gasteiger partial charge is 0.486 e. The van der Waals surface area contributed by atoms with Gasteiger partial charge in [0.25, 0.3) is 5.89 Å². The van der Waals surface area contributed by atoms with E-state index in [-0.39, 0.29) is 6.10 Å². The zero-order chi connectivity index (χ0) is 21.5. The van der Waals surface area contributed by atoms with Crippen LogP contribution in [0.25, 0.3) is 11.6 Å². The molecule has 0 spiro atoms. The molecule has 3 aromatic heterocycles. The zero-order valence-corrected chi connectivity index (χ0v) is 18.2. The fraction of sp³-hybridized carbons (Fsp3) is 0.522. The lowest BCUT2D eigenvalue weighted by atomic mass is 9.78. The van der Waals surface area contributed by atoms with E-state index in [9.17, 15) is 5.11 Å². The van der Waals surface area contributed by atoms with Gasteiger partial charge in [-0.25, -0.2) is 0 Å². The number of hydrogen-bond acceptors (Lipinski definition) is 7. The summed E-state index contributed by atoms with van der Waals surface area (Å²) in [5.41, 5.74) is 2.93. The Kier molecular flexibility index (Phi) is 5.27. The quantitative estimate of drug-likeness (QED) is 0.675. The number of ether oxygens (including phenoxy) is 1. The fourth-order valence-electron chi connectivity index (χ4n) is 4.94. The minimum absolute atomic E-state index is 0.195. The van der Waals surface area contributed by atoms with Crippen molar-refractivity contribution >= 4 is 0 Å². The number of aromatic nitrogens is 4. The lowest BCUT2D eigenvalue weighted by molar-refractivity contribution is -0.0235. The topological polar surface area (TPSA) is 89.4 Å². The summed E-state index contributed by atoms with van der Waals surface area (Å²) in [7, 11) is 2.00. The Labute approximate surface area is 181 Å². The molecule has 164 valence electrons. The molecule has 1 aliphatic heterocycles. The number of aryl methyl sites for hydroxylation is 2. The van der Waals surface area contributed by atoms with Crippen LogP contribution in [-0.4, -0.2) is 55.1 Å². The number of rotatable bonds is 5. The molecule has 2 fully saturated rings. The molecule has 2 aliphatic rings. The van der Waals surface area contributed by atoms with Crippen molar-refractivity contribution in [3.63, 3.8) is 0 Å². The molecule has 0 radical (unpaired) electrons. The molecule has 1 aliphatic carbocycles. The van der Waals surface area contributed by atoms with Crippen LogP contribution in [0.4, 0.5) is 0 Å². The molecule has 0 bridgehead atoms. The van der Waals surface area contributed by atoms with Gasteiger partial charge in [-0.1, -0.05) is 0 Å². The van der Waals surface area contributed by atoms with E-state index in [4.69, 9.17) is 9.15 Å². The van der Waals surface area contributed by atoms with Crippen molar-refractivity contribution in [1.29, 1.82) is 0 Å². The highest BCUT2D eigenvalue weighted by Crippen LogP contribution is 2.38. The van der Waals surface area contributed by atoms with Gasteiger partial charge >= 0.3 is 0 Å². The summed E-state index contributed by atoms with van der Waals surface area (Å²) < 4.78 is 14.1. The molecule has 8 nitrogen and oxygen atoms in total. The van der Waals surface area contributed by atoms with Gasteiger partial charge in [0, 0.05) is 32.0 Å². The molecule has 1 N–H and O–H groups in total. The van der Waals surface area contributed by atoms with Crippen LogP contribution < -0.4 is 4.74 Å². The van der Waals surface area contributed by atoms with Crippen molar-refractivity contribution in [2.75, 3.05) is 13.1 Å². The van der Waals surface area contributed by atoms with E-state index in [1.54, 1.807) is 6.20 Å².